The Kier molecular flexibility index (Phi) is 6.11. The van der Waals surface area contributed by atoms with E-state index in [9.17, 15) is 13.2 Å². The molecule has 3 rings (SSSR count). The lowest BCUT2D eigenvalue weighted by atomic mass is 10.1. The van der Waals surface area contributed by atoms with Crippen LogP contribution in [0.25, 0.3) is 11.3 Å². The summed E-state index contributed by atoms with van der Waals surface area (Å²) < 4.78 is 28.8. The molecule has 6 nitrogen and oxygen atoms in total. The van der Waals surface area contributed by atoms with Crippen LogP contribution in [-0.2, 0) is 21.1 Å². The highest BCUT2D eigenvalue weighted by molar-refractivity contribution is 7.91. The largest absolute Gasteiger partial charge is 0.497 e. The third kappa shape index (κ3) is 4.76. The highest BCUT2D eigenvalue weighted by Crippen LogP contribution is 2.26. The molecule has 0 bridgehead atoms. The summed E-state index contributed by atoms with van der Waals surface area (Å²) in [4.78, 5) is 17.0. The molecule has 0 unspecified atom stereocenters. The molecular formula is C20H20N2O4S2. The van der Waals surface area contributed by atoms with E-state index < -0.39 is 9.84 Å². The van der Waals surface area contributed by atoms with Crippen molar-refractivity contribution in [3.05, 3.63) is 59.5 Å². The Morgan fingerprint density at radius 2 is 1.79 bits per heavy atom. The normalized spacial score (nSPS) is 11.2. The predicted molar refractivity (Wildman–Crippen MR) is 111 cm³/mol. The molecule has 0 saturated carbocycles. The number of sulfone groups is 1. The SMILES string of the molecule is CCS(=O)(=O)c1ccc(CC(=O)Nc2nc(-c3ccc(OC)cc3)cs2)cc1. The summed E-state index contributed by atoms with van der Waals surface area (Å²) in [7, 11) is -1.62. The van der Waals surface area contributed by atoms with Crippen molar-refractivity contribution in [1.82, 2.24) is 4.98 Å². The molecule has 0 spiro atoms. The van der Waals surface area contributed by atoms with E-state index in [2.05, 4.69) is 10.3 Å². The van der Waals surface area contributed by atoms with Gasteiger partial charge in [-0.05, 0) is 42.0 Å². The molecule has 0 fully saturated rings. The van der Waals surface area contributed by atoms with Crippen molar-refractivity contribution in [1.29, 1.82) is 0 Å². The van der Waals surface area contributed by atoms with Gasteiger partial charge in [0.25, 0.3) is 0 Å². The van der Waals surface area contributed by atoms with E-state index in [-0.39, 0.29) is 23.0 Å². The van der Waals surface area contributed by atoms with Crippen LogP contribution < -0.4 is 10.1 Å². The summed E-state index contributed by atoms with van der Waals surface area (Å²) in [5.74, 6) is 0.611. The molecule has 1 amide bonds. The minimum Gasteiger partial charge on any atom is -0.497 e. The van der Waals surface area contributed by atoms with E-state index in [4.69, 9.17) is 4.74 Å². The van der Waals surface area contributed by atoms with Crippen LogP contribution in [0, 0.1) is 0 Å². The molecule has 8 heteroatoms. The van der Waals surface area contributed by atoms with Crippen LogP contribution >= 0.6 is 11.3 Å². The Morgan fingerprint density at radius 1 is 1.11 bits per heavy atom. The first kappa shape index (κ1) is 20.0. The molecule has 0 aliphatic heterocycles. The number of amides is 1. The van der Waals surface area contributed by atoms with E-state index in [0.29, 0.717) is 5.13 Å². The van der Waals surface area contributed by atoms with Crippen molar-refractivity contribution in [3.63, 3.8) is 0 Å². The van der Waals surface area contributed by atoms with Gasteiger partial charge in [0.2, 0.25) is 5.91 Å². The monoisotopic (exact) mass is 416 g/mol. The molecule has 0 saturated heterocycles. The molecule has 3 aromatic rings. The summed E-state index contributed by atoms with van der Waals surface area (Å²) in [6.07, 6.45) is 0.143. The fourth-order valence-corrected chi connectivity index (χ4v) is 4.18. The van der Waals surface area contributed by atoms with Crippen molar-refractivity contribution in [2.45, 2.75) is 18.2 Å². The fourth-order valence-electron chi connectivity index (χ4n) is 2.56. The van der Waals surface area contributed by atoms with Gasteiger partial charge in [-0.25, -0.2) is 13.4 Å². The number of hydrogen-bond donors (Lipinski definition) is 1. The second-order valence-corrected chi connectivity index (χ2v) is 9.18. The number of carbonyl (C=O) groups excluding carboxylic acids is 1. The van der Waals surface area contributed by atoms with Crippen LogP contribution in [0.5, 0.6) is 5.75 Å². The number of nitrogens with one attached hydrogen (secondary N) is 1. The number of hydrogen-bond acceptors (Lipinski definition) is 6. The van der Waals surface area contributed by atoms with Gasteiger partial charge in [0.1, 0.15) is 5.75 Å². The maximum Gasteiger partial charge on any atom is 0.230 e. The molecular weight excluding hydrogens is 396 g/mol. The quantitative estimate of drug-likeness (QED) is 0.633. The van der Waals surface area contributed by atoms with Gasteiger partial charge in [-0.15, -0.1) is 11.3 Å². The minimum absolute atomic E-state index is 0.0490. The topological polar surface area (TPSA) is 85.4 Å². The van der Waals surface area contributed by atoms with E-state index in [1.54, 1.807) is 26.2 Å². The van der Waals surface area contributed by atoms with Crippen LogP contribution in [0.2, 0.25) is 0 Å². The zero-order valence-electron chi connectivity index (χ0n) is 15.5. The Labute approximate surface area is 168 Å². The predicted octanol–water partition coefficient (Wildman–Crippen LogP) is 3.79. The first-order chi connectivity index (χ1) is 13.4. The highest BCUT2D eigenvalue weighted by atomic mass is 32.2. The zero-order valence-corrected chi connectivity index (χ0v) is 17.1. The van der Waals surface area contributed by atoms with Gasteiger partial charge in [0.05, 0.1) is 29.9 Å². The lowest BCUT2D eigenvalue weighted by Gasteiger charge is -2.05. The number of aromatic nitrogens is 1. The van der Waals surface area contributed by atoms with Gasteiger partial charge in [-0.3, -0.25) is 4.79 Å². The zero-order chi connectivity index (χ0) is 20.1. The van der Waals surface area contributed by atoms with Gasteiger partial charge in [0, 0.05) is 10.9 Å². The summed E-state index contributed by atoms with van der Waals surface area (Å²) >= 11 is 1.35. The van der Waals surface area contributed by atoms with Crippen molar-refractivity contribution >= 4 is 32.2 Å². The summed E-state index contributed by atoms with van der Waals surface area (Å²) in [6, 6.07) is 13.9. The van der Waals surface area contributed by atoms with Gasteiger partial charge in [-0.1, -0.05) is 19.1 Å². The number of thiazole rings is 1. The van der Waals surface area contributed by atoms with Crippen molar-refractivity contribution in [2.75, 3.05) is 18.2 Å². The van der Waals surface area contributed by atoms with E-state index in [1.807, 2.05) is 29.6 Å². The number of methoxy groups -OCH3 is 1. The van der Waals surface area contributed by atoms with Crippen molar-refractivity contribution < 1.29 is 17.9 Å². The third-order valence-electron chi connectivity index (χ3n) is 4.16. The first-order valence-electron chi connectivity index (χ1n) is 8.63. The molecule has 0 aliphatic carbocycles. The number of benzene rings is 2. The number of nitrogens with zero attached hydrogens (tertiary/aromatic N) is 1. The third-order valence-corrected chi connectivity index (χ3v) is 6.67. The maximum absolute atomic E-state index is 12.3. The summed E-state index contributed by atoms with van der Waals surface area (Å²) in [5, 5.41) is 5.18. The van der Waals surface area contributed by atoms with Crippen molar-refractivity contribution in [2.24, 2.45) is 0 Å². The average molecular weight is 417 g/mol. The van der Waals surface area contributed by atoms with Gasteiger partial charge in [-0.2, -0.15) is 0 Å². The van der Waals surface area contributed by atoms with Crippen LogP contribution in [0.4, 0.5) is 5.13 Å². The molecule has 0 atom stereocenters. The number of rotatable bonds is 7. The van der Waals surface area contributed by atoms with E-state index in [0.717, 1.165) is 22.6 Å². The van der Waals surface area contributed by atoms with Crippen LogP contribution in [-0.4, -0.2) is 32.2 Å². The Bertz CT molecular complexity index is 1060. The second kappa shape index (κ2) is 8.53. The molecule has 0 aliphatic rings. The van der Waals surface area contributed by atoms with Gasteiger partial charge in [0.15, 0.2) is 15.0 Å². The number of anilines is 1. The van der Waals surface area contributed by atoms with Crippen molar-refractivity contribution in [3.8, 4) is 17.0 Å². The van der Waals surface area contributed by atoms with Crippen LogP contribution in [0.15, 0.2) is 58.8 Å². The molecule has 28 heavy (non-hydrogen) atoms. The van der Waals surface area contributed by atoms with Gasteiger partial charge < -0.3 is 10.1 Å². The molecule has 0 radical (unpaired) electrons. The fraction of sp³-hybridized carbons (Fsp3) is 0.200. The van der Waals surface area contributed by atoms with Gasteiger partial charge >= 0.3 is 0 Å². The number of ether oxygens (including phenoxy) is 1. The Morgan fingerprint density at radius 3 is 2.39 bits per heavy atom. The second-order valence-electron chi connectivity index (χ2n) is 6.04. The first-order valence-corrected chi connectivity index (χ1v) is 11.2. The molecule has 2 aromatic carbocycles. The smallest absolute Gasteiger partial charge is 0.230 e. The summed E-state index contributed by atoms with van der Waals surface area (Å²) in [5.41, 5.74) is 2.45. The number of carbonyl (C=O) groups is 1. The Hall–Kier alpha value is -2.71. The van der Waals surface area contributed by atoms with Crippen LogP contribution in [0.1, 0.15) is 12.5 Å². The average Bonchev–Trinajstić information content (AvgIpc) is 3.16. The standard InChI is InChI=1S/C20H20N2O4S2/c1-3-28(24,25)17-10-4-14(5-11-17)12-19(23)22-20-21-18(13-27-20)15-6-8-16(26-2)9-7-15/h4-11,13H,3,12H2,1-2H3,(H,21,22,23). The van der Waals surface area contributed by atoms with E-state index >= 15 is 0 Å². The molecule has 146 valence electrons. The molecule has 1 aromatic heterocycles. The Balaban J connectivity index is 1.63. The molecule has 1 heterocycles. The highest BCUT2D eigenvalue weighted by Gasteiger charge is 2.13. The van der Waals surface area contributed by atoms with Crippen LogP contribution in [0.3, 0.4) is 0 Å². The van der Waals surface area contributed by atoms with E-state index in [1.165, 1.54) is 23.5 Å². The summed E-state index contributed by atoms with van der Waals surface area (Å²) in [6.45, 7) is 1.60. The lowest BCUT2D eigenvalue weighted by molar-refractivity contribution is -0.115. The maximum atomic E-state index is 12.3. The molecule has 1 N–H and O–H groups in total. The minimum atomic E-state index is -3.24. The lowest BCUT2D eigenvalue weighted by Crippen LogP contribution is -2.14.